The number of hydrogen-bond donors (Lipinski definition) is 2. The van der Waals surface area contributed by atoms with Gasteiger partial charge in [0.2, 0.25) is 15.9 Å². The van der Waals surface area contributed by atoms with Crippen molar-refractivity contribution in [2.75, 3.05) is 5.32 Å². The maximum Gasteiger partial charge on any atom is 0.241 e. The highest BCUT2D eigenvalue weighted by Gasteiger charge is 2.18. The van der Waals surface area contributed by atoms with Crippen molar-refractivity contribution < 1.29 is 22.0 Å². The van der Waals surface area contributed by atoms with Gasteiger partial charge in [0.05, 0.1) is 30.4 Å². The van der Waals surface area contributed by atoms with Gasteiger partial charge in [0.15, 0.2) is 0 Å². The molecular weight excluding hydrogens is 428 g/mol. The van der Waals surface area contributed by atoms with E-state index in [2.05, 4.69) is 22.2 Å². The second-order valence-electron chi connectivity index (χ2n) is 7.89. The first-order valence-electron chi connectivity index (χ1n) is 10.4. The molecule has 0 aliphatic heterocycles. The second-order valence-corrected chi connectivity index (χ2v) is 9.66. The minimum Gasteiger partial charge on any atom is -0.468 e. The molecule has 5 rings (SSSR count). The molecule has 0 saturated heterocycles. The Morgan fingerprint density at radius 1 is 1.00 bits per heavy atom. The molecule has 0 atom stereocenters. The number of carbonyl (C=O) groups excluding carboxylic acids is 1. The first-order chi connectivity index (χ1) is 15.5. The largest absolute Gasteiger partial charge is 0.468 e. The number of rotatable bonds is 7. The van der Waals surface area contributed by atoms with Crippen molar-refractivity contribution >= 4 is 32.6 Å². The number of amides is 1. The number of benzene rings is 2. The summed E-state index contributed by atoms with van der Waals surface area (Å²) in [6.07, 6.45) is 6.51. The number of hydrogen-bond acceptors (Lipinski definition) is 5. The molecule has 8 heteroatoms. The van der Waals surface area contributed by atoms with E-state index in [1.165, 1.54) is 29.5 Å². The summed E-state index contributed by atoms with van der Waals surface area (Å²) in [4.78, 5) is 12.7. The van der Waals surface area contributed by atoms with Crippen molar-refractivity contribution in [2.45, 2.75) is 37.1 Å². The van der Waals surface area contributed by atoms with Crippen LogP contribution in [0.15, 0.2) is 74.8 Å². The van der Waals surface area contributed by atoms with Crippen LogP contribution in [0, 0.1) is 0 Å². The van der Waals surface area contributed by atoms with E-state index in [1.54, 1.807) is 30.5 Å². The molecule has 0 fully saturated rings. The molecule has 7 nitrogen and oxygen atoms in total. The molecule has 0 unspecified atom stereocenters. The number of sulfonamides is 1. The van der Waals surface area contributed by atoms with Gasteiger partial charge in [-0.15, -0.1) is 0 Å². The van der Waals surface area contributed by atoms with E-state index in [-0.39, 0.29) is 23.8 Å². The normalized spacial score (nSPS) is 13.4. The molecule has 2 heterocycles. The SMILES string of the molecule is O=C(Cc1coc2cc3c(cc12)CCC3)Nc1cccc(S(=O)(=O)NCc2ccco2)c1. The van der Waals surface area contributed by atoms with E-state index >= 15 is 0 Å². The number of fused-ring (bicyclic) bond motifs is 2. The summed E-state index contributed by atoms with van der Waals surface area (Å²) in [5.41, 5.74) is 4.66. The maximum absolute atomic E-state index is 12.7. The topological polar surface area (TPSA) is 102 Å². The highest BCUT2D eigenvalue weighted by molar-refractivity contribution is 7.89. The van der Waals surface area contributed by atoms with Crippen LogP contribution in [0.5, 0.6) is 0 Å². The molecule has 2 aromatic carbocycles. The van der Waals surface area contributed by atoms with Gasteiger partial charge in [-0.2, -0.15) is 0 Å². The predicted octanol–water partition coefficient (Wildman–Crippen LogP) is 4.17. The monoisotopic (exact) mass is 450 g/mol. The van der Waals surface area contributed by atoms with Gasteiger partial charge < -0.3 is 14.2 Å². The zero-order valence-electron chi connectivity index (χ0n) is 17.3. The highest BCUT2D eigenvalue weighted by atomic mass is 32.2. The molecule has 1 aliphatic carbocycles. The molecule has 0 bridgehead atoms. The van der Waals surface area contributed by atoms with Crippen LogP contribution in [-0.4, -0.2) is 14.3 Å². The van der Waals surface area contributed by atoms with E-state index in [4.69, 9.17) is 8.83 Å². The lowest BCUT2D eigenvalue weighted by atomic mass is 10.0. The molecule has 0 spiro atoms. The zero-order valence-corrected chi connectivity index (χ0v) is 18.1. The average molecular weight is 451 g/mol. The maximum atomic E-state index is 12.7. The molecule has 4 aromatic rings. The Balaban J connectivity index is 1.28. The Morgan fingerprint density at radius 2 is 1.84 bits per heavy atom. The summed E-state index contributed by atoms with van der Waals surface area (Å²) in [6.45, 7) is 0.0448. The third-order valence-corrected chi connectivity index (χ3v) is 7.06. The van der Waals surface area contributed by atoms with Crippen LogP contribution in [0.3, 0.4) is 0 Å². The number of anilines is 1. The standard InChI is InChI=1S/C24H22N2O5S/c27-24(12-18-15-31-23-11-17-5-1-4-16(17)10-22(18)23)26-19-6-2-8-21(13-19)32(28,29)25-14-20-7-3-9-30-20/h2-3,6-11,13,15,25H,1,4-5,12,14H2,(H,26,27). The summed E-state index contributed by atoms with van der Waals surface area (Å²) < 4.78 is 38.5. The average Bonchev–Trinajstić information content (AvgIpc) is 3.53. The summed E-state index contributed by atoms with van der Waals surface area (Å²) in [5.74, 6) is 0.266. The minimum absolute atomic E-state index is 0.0448. The molecule has 0 saturated carbocycles. The van der Waals surface area contributed by atoms with E-state index in [0.717, 1.165) is 35.8 Å². The van der Waals surface area contributed by atoms with E-state index in [0.29, 0.717) is 11.4 Å². The first kappa shape index (κ1) is 20.5. The van der Waals surface area contributed by atoms with Crippen molar-refractivity contribution in [2.24, 2.45) is 0 Å². The molecule has 1 aliphatic rings. The lowest BCUT2D eigenvalue weighted by Crippen LogP contribution is -2.23. The van der Waals surface area contributed by atoms with Gasteiger partial charge in [0, 0.05) is 16.6 Å². The Labute approximate surface area is 185 Å². The minimum atomic E-state index is -3.76. The van der Waals surface area contributed by atoms with Crippen LogP contribution in [0.25, 0.3) is 11.0 Å². The van der Waals surface area contributed by atoms with Gasteiger partial charge in [0.25, 0.3) is 0 Å². The van der Waals surface area contributed by atoms with Gasteiger partial charge in [-0.05, 0) is 72.9 Å². The Morgan fingerprint density at radius 3 is 2.66 bits per heavy atom. The molecule has 32 heavy (non-hydrogen) atoms. The van der Waals surface area contributed by atoms with Crippen molar-refractivity contribution in [1.82, 2.24) is 4.72 Å². The number of nitrogens with one attached hydrogen (secondary N) is 2. The van der Waals surface area contributed by atoms with Gasteiger partial charge in [-0.1, -0.05) is 6.07 Å². The van der Waals surface area contributed by atoms with Gasteiger partial charge in [-0.25, -0.2) is 13.1 Å². The van der Waals surface area contributed by atoms with E-state index < -0.39 is 10.0 Å². The fourth-order valence-corrected chi connectivity index (χ4v) is 5.11. The van der Waals surface area contributed by atoms with Crippen molar-refractivity contribution in [1.29, 1.82) is 0 Å². The number of aryl methyl sites for hydroxylation is 2. The third-order valence-electron chi connectivity index (χ3n) is 5.66. The van der Waals surface area contributed by atoms with Crippen LogP contribution < -0.4 is 10.0 Å². The van der Waals surface area contributed by atoms with Crippen LogP contribution >= 0.6 is 0 Å². The van der Waals surface area contributed by atoms with Crippen molar-refractivity contribution in [3.8, 4) is 0 Å². The van der Waals surface area contributed by atoms with Crippen LogP contribution in [0.1, 0.15) is 28.9 Å². The van der Waals surface area contributed by atoms with Crippen LogP contribution in [-0.2, 0) is 40.6 Å². The summed E-state index contributed by atoms with van der Waals surface area (Å²) in [5, 5.41) is 3.75. The molecule has 2 N–H and O–H groups in total. The Hall–Kier alpha value is -3.36. The summed E-state index contributed by atoms with van der Waals surface area (Å²) >= 11 is 0. The van der Waals surface area contributed by atoms with Gasteiger partial charge in [-0.3, -0.25) is 4.79 Å². The highest BCUT2D eigenvalue weighted by Crippen LogP contribution is 2.30. The Bertz CT molecular complexity index is 1390. The molecule has 164 valence electrons. The quantitative estimate of drug-likeness (QED) is 0.440. The van der Waals surface area contributed by atoms with Crippen LogP contribution in [0.2, 0.25) is 0 Å². The van der Waals surface area contributed by atoms with Gasteiger partial charge in [0.1, 0.15) is 11.3 Å². The fraction of sp³-hybridized carbons (Fsp3) is 0.208. The van der Waals surface area contributed by atoms with E-state index in [9.17, 15) is 13.2 Å². The van der Waals surface area contributed by atoms with Crippen LogP contribution in [0.4, 0.5) is 5.69 Å². The summed E-state index contributed by atoms with van der Waals surface area (Å²) in [6, 6.07) is 13.7. The third kappa shape index (κ3) is 4.19. The lowest BCUT2D eigenvalue weighted by molar-refractivity contribution is -0.115. The first-order valence-corrected chi connectivity index (χ1v) is 11.9. The smallest absolute Gasteiger partial charge is 0.241 e. The Kier molecular flexibility index (Phi) is 5.32. The molecule has 1 amide bonds. The zero-order chi connectivity index (χ0) is 22.1. The number of carbonyl (C=O) groups is 1. The van der Waals surface area contributed by atoms with E-state index in [1.807, 2.05) is 0 Å². The van der Waals surface area contributed by atoms with Gasteiger partial charge >= 0.3 is 0 Å². The molecule has 0 radical (unpaired) electrons. The van der Waals surface area contributed by atoms with Crippen molar-refractivity contribution in [3.63, 3.8) is 0 Å². The predicted molar refractivity (Wildman–Crippen MR) is 120 cm³/mol. The lowest BCUT2D eigenvalue weighted by Gasteiger charge is -2.09. The number of furan rings is 2. The molecule has 2 aromatic heterocycles. The second kappa shape index (κ2) is 8.29. The fourth-order valence-electron chi connectivity index (χ4n) is 4.07. The molecular formula is C24H22N2O5S. The summed E-state index contributed by atoms with van der Waals surface area (Å²) in [7, 11) is -3.76. The van der Waals surface area contributed by atoms with Crippen molar-refractivity contribution in [3.05, 3.63) is 83.5 Å².